The number of hydrogen-bond acceptors (Lipinski definition) is 6. The number of fused-ring (bicyclic) bond motifs is 1. The lowest BCUT2D eigenvalue weighted by Gasteiger charge is -2.29. The van der Waals surface area contributed by atoms with Crippen LogP contribution in [0.15, 0.2) is 36.4 Å². The zero-order chi connectivity index (χ0) is 23.5. The molecule has 1 heterocycles. The van der Waals surface area contributed by atoms with Crippen LogP contribution in [0.3, 0.4) is 0 Å². The normalized spacial score (nSPS) is 18.2. The highest BCUT2D eigenvalue weighted by molar-refractivity contribution is 14.1. The van der Waals surface area contributed by atoms with Gasteiger partial charge in [-0.1, -0.05) is 12.1 Å². The Kier molecular flexibility index (Phi) is 7.77. The number of para-hydroxylation sites is 1. The summed E-state index contributed by atoms with van der Waals surface area (Å²) < 4.78 is 1.62. The Morgan fingerprint density at radius 1 is 1.12 bits per heavy atom. The van der Waals surface area contributed by atoms with Gasteiger partial charge in [-0.3, -0.25) is 4.79 Å². The van der Waals surface area contributed by atoms with Crippen LogP contribution in [0.4, 0.5) is 11.8 Å². The average molecular weight is 671 g/mol. The van der Waals surface area contributed by atoms with Crippen LogP contribution in [0.5, 0.6) is 5.75 Å². The molecule has 4 rings (SSSR count). The zero-order valence-electron chi connectivity index (χ0n) is 18.6. The predicted molar refractivity (Wildman–Crippen MR) is 149 cm³/mol. The molecule has 1 aliphatic carbocycles. The molecule has 3 aromatic rings. The molecule has 1 fully saturated rings. The number of aromatic hydroxyl groups is 1. The van der Waals surface area contributed by atoms with Gasteiger partial charge in [-0.2, -0.15) is 4.98 Å². The van der Waals surface area contributed by atoms with Crippen molar-refractivity contribution in [2.24, 2.45) is 5.92 Å². The second kappa shape index (κ2) is 10.6. The molecule has 2 aromatic carbocycles. The lowest BCUT2D eigenvalue weighted by atomic mass is 9.86. The highest BCUT2D eigenvalue weighted by Gasteiger charge is 2.23. The van der Waals surface area contributed by atoms with Crippen molar-refractivity contribution in [3.63, 3.8) is 0 Å². The van der Waals surface area contributed by atoms with Crippen LogP contribution >= 0.6 is 45.2 Å². The monoisotopic (exact) mass is 671 g/mol. The average Bonchev–Trinajstić information content (AvgIpc) is 2.80. The summed E-state index contributed by atoms with van der Waals surface area (Å²) in [5.74, 6) is 1.83. The summed E-state index contributed by atoms with van der Waals surface area (Å²) in [6.45, 7) is 0.615. The molecular weight excluding hydrogens is 644 g/mol. The first-order chi connectivity index (χ1) is 15.8. The first-order valence-electron chi connectivity index (χ1n) is 11.0. The summed E-state index contributed by atoms with van der Waals surface area (Å²) >= 11 is 4.21. The number of nitrogens with one attached hydrogen (secondary N) is 2. The maximum absolute atomic E-state index is 12.6. The quantitative estimate of drug-likeness (QED) is 0.320. The van der Waals surface area contributed by atoms with Crippen LogP contribution in [-0.4, -0.2) is 47.7 Å². The van der Waals surface area contributed by atoms with Crippen molar-refractivity contribution in [2.75, 3.05) is 30.9 Å². The molecule has 0 radical (unpaired) electrons. The smallest absolute Gasteiger partial charge is 0.255 e. The summed E-state index contributed by atoms with van der Waals surface area (Å²) in [5.41, 5.74) is 1.27. The van der Waals surface area contributed by atoms with E-state index in [-0.39, 0.29) is 11.7 Å². The molecule has 9 heteroatoms. The fourth-order valence-electron chi connectivity index (χ4n) is 4.23. The van der Waals surface area contributed by atoms with Crippen molar-refractivity contribution >= 4 is 73.8 Å². The molecule has 1 saturated carbocycles. The van der Waals surface area contributed by atoms with E-state index in [2.05, 4.69) is 33.2 Å². The topological polar surface area (TPSA) is 90.4 Å². The summed E-state index contributed by atoms with van der Waals surface area (Å²) in [5, 5.41) is 17.8. The van der Waals surface area contributed by atoms with E-state index in [1.807, 2.05) is 71.9 Å². The van der Waals surface area contributed by atoms with Gasteiger partial charge < -0.3 is 20.6 Å². The van der Waals surface area contributed by atoms with Gasteiger partial charge in [-0.15, -0.1) is 0 Å². The minimum absolute atomic E-state index is 0.0499. The molecule has 1 amide bonds. The van der Waals surface area contributed by atoms with Crippen molar-refractivity contribution < 1.29 is 9.90 Å². The number of halogens is 2. The van der Waals surface area contributed by atoms with Gasteiger partial charge in [-0.25, -0.2) is 4.98 Å². The summed E-state index contributed by atoms with van der Waals surface area (Å²) in [4.78, 5) is 24.1. The molecule has 0 unspecified atom stereocenters. The Bertz CT molecular complexity index is 1160. The molecular formula is C24H27I2N5O2. The highest BCUT2D eigenvalue weighted by Crippen LogP contribution is 2.29. The molecule has 0 spiro atoms. The molecule has 0 aliphatic heterocycles. The Balaban J connectivity index is 1.33. The van der Waals surface area contributed by atoms with Gasteiger partial charge >= 0.3 is 0 Å². The number of anilines is 2. The van der Waals surface area contributed by atoms with E-state index in [1.165, 1.54) is 0 Å². The largest absolute Gasteiger partial charge is 0.506 e. The standard InChI is InChI=1S/C24H27I2N5O2/c1-31(2)22-17-5-3-4-6-20(17)29-24(30-22)28-16-9-7-14(8-10-16)13-27-23(33)18-11-15(25)12-19(26)21(18)32/h3-6,11-12,14,16,32H,7-10,13H2,1-2H3,(H,27,33)(H,28,29,30). The van der Waals surface area contributed by atoms with Gasteiger partial charge in [0.1, 0.15) is 11.6 Å². The third-order valence-electron chi connectivity index (χ3n) is 6.01. The Labute approximate surface area is 221 Å². The third kappa shape index (κ3) is 5.79. The van der Waals surface area contributed by atoms with Gasteiger partial charge in [0.25, 0.3) is 5.91 Å². The van der Waals surface area contributed by atoms with Crippen LogP contribution in [0.1, 0.15) is 36.0 Å². The summed E-state index contributed by atoms with van der Waals surface area (Å²) in [7, 11) is 3.99. The Hall–Kier alpha value is -1.89. The van der Waals surface area contributed by atoms with E-state index >= 15 is 0 Å². The number of phenols is 1. The van der Waals surface area contributed by atoms with E-state index in [9.17, 15) is 9.90 Å². The fourth-order valence-corrected chi connectivity index (χ4v) is 6.07. The lowest BCUT2D eigenvalue weighted by Crippen LogP contribution is -2.34. The van der Waals surface area contributed by atoms with Crippen molar-refractivity contribution in [1.29, 1.82) is 0 Å². The van der Waals surface area contributed by atoms with Crippen LogP contribution in [0.25, 0.3) is 10.9 Å². The number of carbonyl (C=O) groups excluding carboxylic acids is 1. The zero-order valence-corrected chi connectivity index (χ0v) is 22.9. The number of rotatable bonds is 6. The van der Waals surface area contributed by atoms with Gasteiger partial charge in [0.2, 0.25) is 5.95 Å². The lowest BCUT2D eigenvalue weighted by molar-refractivity contribution is 0.0940. The summed E-state index contributed by atoms with van der Waals surface area (Å²) in [6, 6.07) is 11.9. The van der Waals surface area contributed by atoms with Gasteiger partial charge in [0.15, 0.2) is 0 Å². The Morgan fingerprint density at radius 2 is 1.85 bits per heavy atom. The molecule has 0 bridgehead atoms. The van der Waals surface area contributed by atoms with Crippen molar-refractivity contribution in [3.05, 3.63) is 49.1 Å². The van der Waals surface area contributed by atoms with Crippen LogP contribution in [0, 0.1) is 13.1 Å². The van der Waals surface area contributed by atoms with Crippen molar-refractivity contribution in [2.45, 2.75) is 31.7 Å². The van der Waals surface area contributed by atoms with Gasteiger partial charge in [-0.05, 0) is 101 Å². The highest BCUT2D eigenvalue weighted by atomic mass is 127. The van der Waals surface area contributed by atoms with E-state index in [4.69, 9.17) is 9.97 Å². The summed E-state index contributed by atoms with van der Waals surface area (Å²) in [6.07, 6.45) is 4.03. The molecule has 1 aliphatic rings. The third-order valence-corrected chi connectivity index (χ3v) is 7.46. The van der Waals surface area contributed by atoms with E-state index in [1.54, 1.807) is 6.07 Å². The number of hydrogen-bond donors (Lipinski definition) is 3. The van der Waals surface area contributed by atoms with E-state index in [0.29, 0.717) is 33.6 Å². The minimum Gasteiger partial charge on any atom is -0.506 e. The number of amides is 1. The number of carbonyl (C=O) groups is 1. The maximum Gasteiger partial charge on any atom is 0.255 e. The van der Waals surface area contributed by atoms with Crippen LogP contribution < -0.4 is 15.5 Å². The maximum atomic E-state index is 12.6. The second-order valence-corrected chi connectivity index (χ2v) is 11.0. The molecule has 1 aromatic heterocycles. The molecule has 33 heavy (non-hydrogen) atoms. The fraction of sp³-hybridized carbons (Fsp3) is 0.375. The minimum atomic E-state index is -0.218. The molecule has 0 atom stereocenters. The first-order valence-corrected chi connectivity index (χ1v) is 13.1. The Morgan fingerprint density at radius 3 is 2.58 bits per heavy atom. The van der Waals surface area contributed by atoms with Gasteiger partial charge in [0, 0.05) is 35.6 Å². The van der Waals surface area contributed by atoms with E-state index in [0.717, 1.165) is 46.0 Å². The SMILES string of the molecule is CN(C)c1nc(NC2CCC(CNC(=O)c3cc(I)cc(I)c3O)CC2)nc2ccccc12. The molecule has 7 nitrogen and oxygen atoms in total. The van der Waals surface area contributed by atoms with E-state index < -0.39 is 0 Å². The molecule has 174 valence electrons. The van der Waals surface area contributed by atoms with Crippen LogP contribution in [-0.2, 0) is 0 Å². The number of phenolic OH excluding ortho intramolecular Hbond substituents is 1. The predicted octanol–water partition coefficient (Wildman–Crippen LogP) is 5.01. The van der Waals surface area contributed by atoms with Crippen LogP contribution in [0.2, 0.25) is 0 Å². The number of benzene rings is 2. The van der Waals surface area contributed by atoms with Gasteiger partial charge in [0.05, 0.1) is 14.7 Å². The molecule has 0 saturated heterocycles. The van der Waals surface area contributed by atoms with Crippen molar-refractivity contribution in [1.82, 2.24) is 15.3 Å². The first kappa shape index (κ1) is 24.2. The number of nitrogens with zero attached hydrogens (tertiary/aromatic N) is 3. The number of aromatic nitrogens is 2. The second-order valence-electron chi connectivity index (χ2n) is 8.64. The molecule has 3 N–H and O–H groups in total. The van der Waals surface area contributed by atoms with Crippen molar-refractivity contribution in [3.8, 4) is 5.75 Å².